The molecule has 0 saturated heterocycles. The van der Waals surface area contributed by atoms with Crippen molar-refractivity contribution in [3.63, 3.8) is 0 Å². The maximum absolute atomic E-state index is 11.8. The molecule has 2 aromatic carbocycles. The number of benzene rings is 2. The van der Waals surface area contributed by atoms with Gasteiger partial charge in [0.05, 0.1) is 12.2 Å². The normalized spacial score (nSPS) is 10.0. The third-order valence-corrected chi connectivity index (χ3v) is 3.58. The van der Waals surface area contributed by atoms with E-state index in [1.165, 1.54) is 0 Å². The van der Waals surface area contributed by atoms with Crippen molar-refractivity contribution in [3.8, 4) is 5.75 Å². The zero-order valence-electron chi connectivity index (χ0n) is 12.5. The predicted octanol–water partition coefficient (Wildman–Crippen LogP) is 3.49. The summed E-state index contributed by atoms with van der Waals surface area (Å²) in [5.74, 6) is -0.119. The lowest BCUT2D eigenvalue weighted by Crippen LogP contribution is -2.20. The second kappa shape index (κ2) is 8.52. The molecule has 0 atom stereocenters. The molecular formula is C17H16INO4. The molecule has 23 heavy (non-hydrogen) atoms. The van der Waals surface area contributed by atoms with Crippen LogP contribution in [0.3, 0.4) is 0 Å². The molecule has 1 N–H and O–H groups in total. The second-order valence-corrected chi connectivity index (χ2v) is 5.83. The Hall–Kier alpha value is -2.09. The highest BCUT2D eigenvalue weighted by Gasteiger charge is 2.07. The zero-order valence-corrected chi connectivity index (χ0v) is 14.7. The number of nitrogens with one attached hydrogen (secondary N) is 1. The minimum absolute atomic E-state index is 0.106. The summed E-state index contributed by atoms with van der Waals surface area (Å²) in [6, 6.07) is 13.9. The lowest BCUT2D eigenvalue weighted by Gasteiger charge is -2.08. The molecule has 0 aliphatic carbocycles. The van der Waals surface area contributed by atoms with Gasteiger partial charge in [-0.05, 0) is 78.0 Å². The van der Waals surface area contributed by atoms with Crippen molar-refractivity contribution in [2.45, 2.75) is 6.92 Å². The van der Waals surface area contributed by atoms with Crippen LogP contribution in [0.15, 0.2) is 48.5 Å². The van der Waals surface area contributed by atoms with Crippen LogP contribution in [0.25, 0.3) is 0 Å². The van der Waals surface area contributed by atoms with Gasteiger partial charge in [0.2, 0.25) is 0 Å². The molecule has 2 rings (SSSR count). The highest BCUT2D eigenvalue weighted by molar-refractivity contribution is 14.1. The molecule has 6 heteroatoms. The van der Waals surface area contributed by atoms with E-state index in [0.29, 0.717) is 17.9 Å². The number of hydrogen-bond donors (Lipinski definition) is 1. The fourth-order valence-corrected chi connectivity index (χ4v) is 2.14. The van der Waals surface area contributed by atoms with Gasteiger partial charge in [-0.2, -0.15) is 0 Å². The molecule has 0 spiro atoms. The summed E-state index contributed by atoms with van der Waals surface area (Å²) in [4.78, 5) is 23.3. The van der Waals surface area contributed by atoms with Gasteiger partial charge in [0.15, 0.2) is 6.61 Å². The van der Waals surface area contributed by atoms with Gasteiger partial charge >= 0.3 is 5.97 Å². The minimum atomic E-state index is -0.379. The molecule has 0 fully saturated rings. The summed E-state index contributed by atoms with van der Waals surface area (Å²) in [5, 5.41) is 2.74. The molecule has 0 radical (unpaired) electrons. The zero-order chi connectivity index (χ0) is 16.7. The van der Waals surface area contributed by atoms with Gasteiger partial charge in [-0.3, -0.25) is 4.79 Å². The summed E-state index contributed by atoms with van der Waals surface area (Å²) in [6.07, 6.45) is 0. The Bertz CT molecular complexity index is 668. The molecule has 0 unspecified atom stereocenters. The topological polar surface area (TPSA) is 64.6 Å². The smallest absolute Gasteiger partial charge is 0.338 e. The average molecular weight is 425 g/mol. The van der Waals surface area contributed by atoms with Crippen LogP contribution in [0.1, 0.15) is 17.3 Å². The van der Waals surface area contributed by atoms with Crippen LogP contribution in [0, 0.1) is 3.57 Å². The quantitative estimate of drug-likeness (QED) is 0.569. The van der Waals surface area contributed by atoms with E-state index in [2.05, 4.69) is 27.9 Å². The van der Waals surface area contributed by atoms with Crippen LogP contribution in [-0.2, 0) is 9.53 Å². The Labute approximate surface area is 148 Å². The molecule has 0 aromatic heterocycles. The van der Waals surface area contributed by atoms with Crippen molar-refractivity contribution in [2.75, 3.05) is 18.5 Å². The van der Waals surface area contributed by atoms with Crippen molar-refractivity contribution in [3.05, 3.63) is 57.7 Å². The molecule has 120 valence electrons. The van der Waals surface area contributed by atoms with Crippen molar-refractivity contribution in [1.82, 2.24) is 0 Å². The standard InChI is InChI=1S/C17H16INO4/c1-2-22-17(21)12-3-9-15(10-4-12)23-11-16(20)19-14-7-5-13(18)6-8-14/h3-10H,2,11H2,1H3,(H,19,20). The molecule has 0 aliphatic heterocycles. The van der Waals surface area contributed by atoms with Gasteiger partial charge < -0.3 is 14.8 Å². The van der Waals surface area contributed by atoms with Gasteiger partial charge in [0.25, 0.3) is 5.91 Å². The van der Waals surface area contributed by atoms with Gasteiger partial charge in [0.1, 0.15) is 5.75 Å². The first-order valence-corrected chi connectivity index (χ1v) is 8.11. The van der Waals surface area contributed by atoms with Crippen molar-refractivity contribution < 1.29 is 19.1 Å². The largest absolute Gasteiger partial charge is 0.484 e. The van der Waals surface area contributed by atoms with Crippen LogP contribution < -0.4 is 10.1 Å². The summed E-state index contributed by atoms with van der Waals surface area (Å²) in [6.45, 7) is 1.97. The van der Waals surface area contributed by atoms with Gasteiger partial charge in [-0.1, -0.05) is 0 Å². The molecule has 1 amide bonds. The maximum Gasteiger partial charge on any atom is 0.338 e. The fourth-order valence-electron chi connectivity index (χ4n) is 1.78. The van der Waals surface area contributed by atoms with E-state index < -0.39 is 0 Å². The Morgan fingerprint density at radius 3 is 2.30 bits per heavy atom. The molecule has 2 aromatic rings. The Kier molecular flexibility index (Phi) is 6.40. The van der Waals surface area contributed by atoms with Crippen LogP contribution in [0.4, 0.5) is 5.69 Å². The lowest BCUT2D eigenvalue weighted by atomic mass is 10.2. The number of carbonyl (C=O) groups is 2. The number of anilines is 1. The van der Waals surface area contributed by atoms with Crippen LogP contribution in [0.5, 0.6) is 5.75 Å². The Morgan fingerprint density at radius 1 is 1.04 bits per heavy atom. The van der Waals surface area contributed by atoms with Gasteiger partial charge in [-0.25, -0.2) is 4.79 Å². The molecule has 0 heterocycles. The van der Waals surface area contributed by atoms with Gasteiger partial charge in [-0.15, -0.1) is 0 Å². The van der Waals surface area contributed by atoms with E-state index in [9.17, 15) is 9.59 Å². The van der Waals surface area contributed by atoms with Gasteiger partial charge in [0, 0.05) is 9.26 Å². The molecule has 5 nitrogen and oxygen atoms in total. The first kappa shape index (κ1) is 17.3. The number of rotatable bonds is 6. The Balaban J connectivity index is 1.84. The van der Waals surface area contributed by atoms with Crippen molar-refractivity contribution >= 4 is 40.2 Å². The molecular weight excluding hydrogens is 409 g/mol. The summed E-state index contributed by atoms with van der Waals surface area (Å²) >= 11 is 2.20. The SMILES string of the molecule is CCOC(=O)c1ccc(OCC(=O)Nc2ccc(I)cc2)cc1. The third-order valence-electron chi connectivity index (χ3n) is 2.86. The molecule has 0 aliphatic rings. The van der Waals surface area contributed by atoms with E-state index in [0.717, 1.165) is 9.26 Å². The Morgan fingerprint density at radius 2 is 1.70 bits per heavy atom. The minimum Gasteiger partial charge on any atom is -0.484 e. The molecule has 0 bridgehead atoms. The lowest BCUT2D eigenvalue weighted by molar-refractivity contribution is -0.118. The monoisotopic (exact) mass is 425 g/mol. The number of hydrogen-bond acceptors (Lipinski definition) is 4. The maximum atomic E-state index is 11.8. The van der Waals surface area contributed by atoms with E-state index in [4.69, 9.17) is 9.47 Å². The highest BCUT2D eigenvalue weighted by Crippen LogP contribution is 2.14. The summed E-state index contributed by atoms with van der Waals surface area (Å²) < 4.78 is 11.4. The number of esters is 1. The van der Waals surface area contributed by atoms with E-state index >= 15 is 0 Å². The number of carbonyl (C=O) groups excluding carboxylic acids is 2. The average Bonchev–Trinajstić information content (AvgIpc) is 2.56. The van der Waals surface area contributed by atoms with E-state index in [-0.39, 0.29) is 18.5 Å². The van der Waals surface area contributed by atoms with E-state index in [1.54, 1.807) is 31.2 Å². The van der Waals surface area contributed by atoms with Crippen LogP contribution in [0.2, 0.25) is 0 Å². The highest BCUT2D eigenvalue weighted by atomic mass is 127. The van der Waals surface area contributed by atoms with E-state index in [1.807, 2.05) is 24.3 Å². The number of ether oxygens (including phenoxy) is 2. The van der Waals surface area contributed by atoms with Crippen molar-refractivity contribution in [2.24, 2.45) is 0 Å². The first-order valence-electron chi connectivity index (χ1n) is 7.04. The van der Waals surface area contributed by atoms with Crippen LogP contribution >= 0.6 is 22.6 Å². The second-order valence-electron chi connectivity index (χ2n) is 4.59. The van der Waals surface area contributed by atoms with Crippen LogP contribution in [-0.4, -0.2) is 25.1 Å². The number of amides is 1. The third kappa shape index (κ3) is 5.55. The first-order chi connectivity index (χ1) is 11.1. The van der Waals surface area contributed by atoms with Crippen molar-refractivity contribution in [1.29, 1.82) is 0 Å². The summed E-state index contributed by atoms with van der Waals surface area (Å²) in [7, 11) is 0. The molecule has 0 saturated carbocycles. The number of halogens is 1. The fraction of sp³-hybridized carbons (Fsp3) is 0.176. The predicted molar refractivity (Wildman–Crippen MR) is 95.7 cm³/mol. The summed E-state index contributed by atoms with van der Waals surface area (Å²) in [5.41, 5.74) is 1.17.